The minimum Gasteiger partial charge on any atom is -0.378 e. The van der Waals surface area contributed by atoms with Crippen molar-refractivity contribution in [1.82, 2.24) is 8.61 Å². The number of nitrogens with one attached hydrogen (secondary N) is 1. The quantitative estimate of drug-likeness (QED) is 0.578. The summed E-state index contributed by atoms with van der Waals surface area (Å²) in [5, 5.41) is 2.83. The van der Waals surface area contributed by atoms with Gasteiger partial charge >= 0.3 is 0 Å². The van der Waals surface area contributed by atoms with Gasteiger partial charge in [0, 0.05) is 32.7 Å². The zero-order valence-corrected chi connectivity index (χ0v) is 20.4. The van der Waals surface area contributed by atoms with Gasteiger partial charge in [0.15, 0.2) is 0 Å². The maximum atomic E-state index is 13.1. The fraction of sp³-hybridized carbons (Fsp3) is 0.650. The van der Waals surface area contributed by atoms with Crippen LogP contribution in [0.1, 0.15) is 26.7 Å². The Bertz CT molecular complexity index is 1030. The van der Waals surface area contributed by atoms with E-state index in [0.717, 1.165) is 6.26 Å². The van der Waals surface area contributed by atoms with Gasteiger partial charge < -0.3 is 15.0 Å². The van der Waals surface area contributed by atoms with Crippen molar-refractivity contribution in [2.75, 3.05) is 62.4 Å². The van der Waals surface area contributed by atoms with Gasteiger partial charge in [-0.2, -0.15) is 8.61 Å². The molecule has 2 aliphatic rings. The molecule has 2 fully saturated rings. The first-order valence-electron chi connectivity index (χ1n) is 10.8. The molecule has 2 heterocycles. The van der Waals surface area contributed by atoms with Crippen molar-refractivity contribution in [3.63, 3.8) is 0 Å². The van der Waals surface area contributed by atoms with Gasteiger partial charge in [-0.3, -0.25) is 4.79 Å². The number of benzene rings is 1. The summed E-state index contributed by atoms with van der Waals surface area (Å²) in [5.41, 5.74) is 1.04. The standard InChI is InChI=1S/C20H32N4O6S2/c1-4-23(5-2)32(28,29)16-8-9-18(22-11-13-30-14-12-22)17(15-16)21-20(25)19-7-6-10-24(19)31(3,26)27/h8-9,15,19H,4-7,10-14H2,1-3H3,(H,21,25). The van der Waals surface area contributed by atoms with Crippen LogP contribution >= 0.6 is 0 Å². The lowest BCUT2D eigenvalue weighted by Crippen LogP contribution is -2.43. The van der Waals surface area contributed by atoms with E-state index in [2.05, 4.69) is 5.32 Å². The molecule has 0 bridgehead atoms. The van der Waals surface area contributed by atoms with Crippen LogP contribution < -0.4 is 10.2 Å². The number of carbonyl (C=O) groups excluding carboxylic acids is 1. The largest absolute Gasteiger partial charge is 0.378 e. The molecule has 1 aromatic rings. The van der Waals surface area contributed by atoms with Crippen molar-refractivity contribution in [3.05, 3.63) is 18.2 Å². The number of morpholine rings is 1. The predicted molar refractivity (Wildman–Crippen MR) is 123 cm³/mol. The minimum absolute atomic E-state index is 0.0832. The zero-order chi connectivity index (χ0) is 23.5. The second-order valence-corrected chi connectivity index (χ2v) is 11.8. The summed E-state index contributed by atoms with van der Waals surface area (Å²) in [6, 6.07) is 3.90. The Kier molecular flexibility index (Phi) is 7.81. The van der Waals surface area contributed by atoms with E-state index >= 15 is 0 Å². The maximum absolute atomic E-state index is 13.1. The third-order valence-corrected chi connectivity index (χ3v) is 9.19. The summed E-state index contributed by atoms with van der Waals surface area (Å²) in [6.07, 6.45) is 2.11. The van der Waals surface area contributed by atoms with E-state index in [0.29, 0.717) is 70.2 Å². The van der Waals surface area contributed by atoms with Gasteiger partial charge in [-0.05, 0) is 31.0 Å². The summed E-state index contributed by atoms with van der Waals surface area (Å²) >= 11 is 0. The first kappa shape index (κ1) is 24.9. The highest BCUT2D eigenvalue weighted by Crippen LogP contribution is 2.32. The van der Waals surface area contributed by atoms with Crippen LogP contribution in [0.15, 0.2) is 23.1 Å². The molecule has 1 aromatic carbocycles. The van der Waals surface area contributed by atoms with Gasteiger partial charge in [0.2, 0.25) is 26.0 Å². The highest BCUT2D eigenvalue weighted by Gasteiger charge is 2.37. The van der Waals surface area contributed by atoms with Crippen LogP contribution in [0, 0.1) is 0 Å². The molecule has 180 valence electrons. The van der Waals surface area contributed by atoms with E-state index in [1.807, 2.05) is 4.90 Å². The molecule has 0 spiro atoms. The molecular formula is C20H32N4O6S2. The lowest BCUT2D eigenvalue weighted by atomic mass is 10.2. The number of ether oxygens (including phenoxy) is 1. The Labute approximate surface area is 190 Å². The smallest absolute Gasteiger partial charge is 0.243 e. The predicted octanol–water partition coefficient (Wildman–Crippen LogP) is 0.916. The topological polar surface area (TPSA) is 116 Å². The number of hydrogen-bond acceptors (Lipinski definition) is 7. The number of nitrogens with zero attached hydrogens (tertiary/aromatic N) is 3. The monoisotopic (exact) mass is 488 g/mol. The fourth-order valence-electron chi connectivity index (χ4n) is 4.18. The average Bonchev–Trinajstić information content (AvgIpc) is 3.26. The van der Waals surface area contributed by atoms with Gasteiger partial charge in [0.25, 0.3) is 0 Å². The van der Waals surface area contributed by atoms with Gasteiger partial charge in [0.05, 0.1) is 35.7 Å². The molecule has 2 aliphatic heterocycles. The van der Waals surface area contributed by atoms with E-state index in [4.69, 9.17) is 4.74 Å². The van der Waals surface area contributed by atoms with E-state index in [9.17, 15) is 21.6 Å². The number of carbonyl (C=O) groups is 1. The third kappa shape index (κ3) is 5.25. The van der Waals surface area contributed by atoms with Crippen LogP contribution in [0.5, 0.6) is 0 Å². The summed E-state index contributed by atoms with van der Waals surface area (Å²) in [5.74, 6) is -0.458. The van der Waals surface area contributed by atoms with Crippen molar-refractivity contribution in [3.8, 4) is 0 Å². The molecule has 0 radical (unpaired) electrons. The summed E-state index contributed by atoms with van der Waals surface area (Å²) in [7, 11) is -7.25. The average molecular weight is 489 g/mol. The molecule has 1 N–H and O–H groups in total. The summed E-state index contributed by atoms with van der Waals surface area (Å²) in [4.78, 5) is 15.2. The summed E-state index contributed by atoms with van der Waals surface area (Å²) in [6.45, 7) is 6.75. The molecular weight excluding hydrogens is 456 g/mol. The number of hydrogen-bond donors (Lipinski definition) is 1. The molecule has 1 atom stereocenters. The minimum atomic E-state index is -3.73. The number of amides is 1. The van der Waals surface area contributed by atoms with Gasteiger partial charge in [0.1, 0.15) is 6.04 Å². The highest BCUT2D eigenvalue weighted by molar-refractivity contribution is 7.89. The van der Waals surface area contributed by atoms with Crippen LogP contribution in [-0.2, 0) is 29.6 Å². The Morgan fingerprint density at radius 3 is 2.38 bits per heavy atom. The van der Waals surface area contributed by atoms with E-state index in [1.54, 1.807) is 26.0 Å². The van der Waals surface area contributed by atoms with Crippen LogP contribution in [0.25, 0.3) is 0 Å². The Balaban J connectivity index is 1.98. The molecule has 32 heavy (non-hydrogen) atoms. The van der Waals surface area contributed by atoms with Crippen LogP contribution in [0.4, 0.5) is 11.4 Å². The normalized spacial score (nSPS) is 20.6. The highest BCUT2D eigenvalue weighted by atomic mass is 32.2. The van der Waals surface area contributed by atoms with Crippen molar-refractivity contribution in [1.29, 1.82) is 0 Å². The number of sulfonamides is 2. The molecule has 0 saturated carbocycles. The Morgan fingerprint density at radius 2 is 1.78 bits per heavy atom. The van der Waals surface area contributed by atoms with Crippen LogP contribution in [0.2, 0.25) is 0 Å². The first-order valence-corrected chi connectivity index (χ1v) is 14.1. The Hall–Kier alpha value is -1.73. The van der Waals surface area contributed by atoms with Crippen molar-refractivity contribution in [2.45, 2.75) is 37.6 Å². The third-order valence-electron chi connectivity index (χ3n) is 5.85. The van der Waals surface area contributed by atoms with Crippen LogP contribution in [0.3, 0.4) is 0 Å². The first-order chi connectivity index (χ1) is 15.1. The van der Waals surface area contributed by atoms with Gasteiger partial charge in [-0.25, -0.2) is 16.8 Å². The SMILES string of the molecule is CCN(CC)S(=O)(=O)c1ccc(N2CCOCC2)c(NC(=O)C2CCCN2S(C)(=O)=O)c1. The molecule has 1 unspecified atom stereocenters. The summed E-state index contributed by atoms with van der Waals surface area (Å²) < 4.78 is 58.2. The second-order valence-electron chi connectivity index (χ2n) is 7.89. The van der Waals surface area contributed by atoms with Gasteiger partial charge in [-0.15, -0.1) is 0 Å². The molecule has 1 amide bonds. The molecule has 0 aromatic heterocycles. The van der Waals surface area contributed by atoms with E-state index < -0.39 is 32.0 Å². The molecule has 3 rings (SSSR count). The van der Waals surface area contributed by atoms with E-state index in [-0.39, 0.29) is 4.90 Å². The number of rotatable bonds is 8. The van der Waals surface area contributed by atoms with Crippen molar-refractivity contribution < 1.29 is 26.4 Å². The molecule has 10 nitrogen and oxygen atoms in total. The zero-order valence-electron chi connectivity index (χ0n) is 18.8. The maximum Gasteiger partial charge on any atom is 0.243 e. The Morgan fingerprint density at radius 1 is 1.12 bits per heavy atom. The molecule has 2 saturated heterocycles. The molecule has 0 aliphatic carbocycles. The second kappa shape index (κ2) is 10.0. The lowest BCUT2D eigenvalue weighted by molar-refractivity contribution is -0.119. The number of anilines is 2. The molecule has 12 heteroatoms. The van der Waals surface area contributed by atoms with Gasteiger partial charge in [-0.1, -0.05) is 13.8 Å². The lowest BCUT2D eigenvalue weighted by Gasteiger charge is -2.31. The fourth-order valence-corrected chi connectivity index (χ4v) is 6.79. The van der Waals surface area contributed by atoms with E-state index in [1.165, 1.54) is 14.7 Å². The van der Waals surface area contributed by atoms with Crippen molar-refractivity contribution >= 4 is 37.3 Å². The van der Waals surface area contributed by atoms with Crippen molar-refractivity contribution in [2.24, 2.45) is 0 Å². The van der Waals surface area contributed by atoms with Crippen LogP contribution in [-0.4, -0.2) is 89.6 Å².